The Morgan fingerprint density at radius 1 is 1.62 bits per heavy atom. The van der Waals surface area contributed by atoms with E-state index >= 15 is 0 Å². The number of primary amides is 1. The molecule has 1 aliphatic rings. The number of hydrogen-bond donors (Lipinski definition) is 1. The van der Waals surface area contributed by atoms with Crippen molar-refractivity contribution < 1.29 is 4.79 Å². The Morgan fingerprint density at radius 3 is 2.69 bits per heavy atom. The molecule has 0 aromatic carbocycles. The van der Waals surface area contributed by atoms with E-state index in [0.717, 1.165) is 19.3 Å². The van der Waals surface area contributed by atoms with Crippen molar-refractivity contribution >= 4 is 11.6 Å². The SMILES string of the molecule is CCC1(CC)CC=CC(C(N)=O)=N1. The molecule has 1 heterocycles. The minimum absolute atomic E-state index is 0.0842. The smallest absolute Gasteiger partial charge is 0.266 e. The summed E-state index contributed by atoms with van der Waals surface area (Å²) >= 11 is 0. The van der Waals surface area contributed by atoms with Gasteiger partial charge in [0.2, 0.25) is 0 Å². The summed E-state index contributed by atoms with van der Waals surface area (Å²) in [4.78, 5) is 15.3. The van der Waals surface area contributed by atoms with E-state index in [2.05, 4.69) is 18.8 Å². The summed E-state index contributed by atoms with van der Waals surface area (Å²) in [5.74, 6) is -0.428. The number of aliphatic imine (C=N–C) groups is 1. The zero-order valence-electron chi connectivity index (χ0n) is 8.21. The number of nitrogens with two attached hydrogens (primary N) is 1. The van der Waals surface area contributed by atoms with Crippen LogP contribution in [0.25, 0.3) is 0 Å². The highest BCUT2D eigenvalue weighted by atomic mass is 16.1. The normalized spacial score (nSPS) is 19.7. The van der Waals surface area contributed by atoms with Gasteiger partial charge in [-0.25, -0.2) is 0 Å². The average Bonchev–Trinajstić information content (AvgIpc) is 2.18. The molecule has 0 saturated heterocycles. The van der Waals surface area contributed by atoms with Crippen LogP contribution < -0.4 is 5.73 Å². The number of rotatable bonds is 3. The molecule has 2 N–H and O–H groups in total. The molecule has 0 aromatic heterocycles. The van der Waals surface area contributed by atoms with E-state index in [4.69, 9.17) is 5.73 Å². The molecule has 0 fully saturated rings. The monoisotopic (exact) mass is 180 g/mol. The van der Waals surface area contributed by atoms with Crippen LogP contribution in [0.4, 0.5) is 0 Å². The van der Waals surface area contributed by atoms with Crippen molar-refractivity contribution in [2.75, 3.05) is 0 Å². The lowest BCUT2D eigenvalue weighted by Crippen LogP contribution is -2.32. The predicted octanol–water partition coefficient (Wildman–Crippen LogP) is 1.43. The third-order valence-electron chi connectivity index (χ3n) is 2.70. The first-order chi connectivity index (χ1) is 6.13. The summed E-state index contributed by atoms with van der Waals surface area (Å²) in [6, 6.07) is 0. The molecule has 3 heteroatoms. The molecule has 1 aliphatic heterocycles. The van der Waals surface area contributed by atoms with E-state index in [1.807, 2.05) is 6.08 Å². The fraction of sp³-hybridized carbons (Fsp3) is 0.600. The van der Waals surface area contributed by atoms with Gasteiger partial charge in [0.15, 0.2) is 0 Å². The number of carbonyl (C=O) groups is 1. The first kappa shape index (κ1) is 9.96. The van der Waals surface area contributed by atoms with Crippen LogP contribution in [0.3, 0.4) is 0 Å². The van der Waals surface area contributed by atoms with E-state index < -0.39 is 5.91 Å². The zero-order valence-corrected chi connectivity index (χ0v) is 8.21. The summed E-state index contributed by atoms with van der Waals surface area (Å²) in [7, 11) is 0. The van der Waals surface area contributed by atoms with Gasteiger partial charge in [-0.2, -0.15) is 0 Å². The summed E-state index contributed by atoms with van der Waals surface area (Å²) in [5, 5.41) is 0. The second-order valence-corrected chi connectivity index (χ2v) is 3.40. The van der Waals surface area contributed by atoms with Gasteiger partial charge in [0, 0.05) is 0 Å². The fourth-order valence-corrected chi connectivity index (χ4v) is 1.56. The molecule has 0 aliphatic carbocycles. The summed E-state index contributed by atoms with van der Waals surface area (Å²) in [5.41, 5.74) is 5.50. The maximum atomic E-state index is 10.9. The molecule has 0 atom stereocenters. The van der Waals surface area contributed by atoms with Gasteiger partial charge in [0.25, 0.3) is 5.91 Å². The summed E-state index contributed by atoms with van der Waals surface area (Å²) in [6.07, 6.45) is 6.51. The molecule has 72 valence electrons. The van der Waals surface area contributed by atoms with Crippen molar-refractivity contribution in [3.05, 3.63) is 12.2 Å². The number of hydrogen-bond acceptors (Lipinski definition) is 2. The zero-order chi connectivity index (χ0) is 9.90. The van der Waals surface area contributed by atoms with Crippen LogP contribution in [0.1, 0.15) is 33.1 Å². The lowest BCUT2D eigenvalue weighted by Gasteiger charge is -2.28. The van der Waals surface area contributed by atoms with Crippen molar-refractivity contribution in [3.63, 3.8) is 0 Å². The number of carbonyl (C=O) groups excluding carboxylic acids is 1. The highest BCUT2D eigenvalue weighted by molar-refractivity contribution is 6.43. The first-order valence-electron chi connectivity index (χ1n) is 4.70. The van der Waals surface area contributed by atoms with Gasteiger partial charge in [-0.1, -0.05) is 19.9 Å². The average molecular weight is 180 g/mol. The minimum atomic E-state index is -0.428. The van der Waals surface area contributed by atoms with Crippen molar-refractivity contribution in [1.82, 2.24) is 0 Å². The Kier molecular flexibility index (Phi) is 2.86. The van der Waals surface area contributed by atoms with Crippen LogP contribution in [-0.2, 0) is 4.79 Å². The van der Waals surface area contributed by atoms with E-state index in [0.29, 0.717) is 5.71 Å². The molecule has 1 rings (SSSR count). The highest BCUT2D eigenvalue weighted by Crippen LogP contribution is 2.28. The van der Waals surface area contributed by atoms with Crippen molar-refractivity contribution in [3.8, 4) is 0 Å². The van der Waals surface area contributed by atoms with Gasteiger partial charge in [0.1, 0.15) is 5.71 Å². The molecule has 13 heavy (non-hydrogen) atoms. The molecular weight excluding hydrogens is 164 g/mol. The van der Waals surface area contributed by atoms with Gasteiger partial charge in [-0.3, -0.25) is 9.79 Å². The molecule has 0 unspecified atom stereocenters. The van der Waals surface area contributed by atoms with E-state index in [1.54, 1.807) is 6.08 Å². The van der Waals surface area contributed by atoms with Gasteiger partial charge in [-0.15, -0.1) is 0 Å². The topological polar surface area (TPSA) is 55.5 Å². The van der Waals surface area contributed by atoms with E-state index in [1.165, 1.54) is 0 Å². The number of dihydropyridines is 1. The molecule has 0 bridgehead atoms. The summed E-state index contributed by atoms with van der Waals surface area (Å²) in [6.45, 7) is 4.18. The number of amides is 1. The molecule has 0 aromatic rings. The Hall–Kier alpha value is -1.12. The molecule has 0 radical (unpaired) electrons. The van der Waals surface area contributed by atoms with Crippen LogP contribution in [-0.4, -0.2) is 17.2 Å². The van der Waals surface area contributed by atoms with Crippen molar-refractivity contribution in [2.45, 2.75) is 38.6 Å². The Bertz CT molecular complexity index is 262. The first-order valence-corrected chi connectivity index (χ1v) is 4.70. The van der Waals surface area contributed by atoms with Crippen molar-refractivity contribution in [1.29, 1.82) is 0 Å². The van der Waals surface area contributed by atoms with Crippen LogP contribution in [0.2, 0.25) is 0 Å². The van der Waals surface area contributed by atoms with Gasteiger partial charge in [0.05, 0.1) is 5.54 Å². The third kappa shape index (κ3) is 1.97. The van der Waals surface area contributed by atoms with E-state index in [-0.39, 0.29) is 5.54 Å². The standard InChI is InChI=1S/C10H16N2O/c1-3-10(4-2)7-5-6-8(12-10)9(11)13/h5-6H,3-4,7H2,1-2H3,(H2,11,13). The Labute approximate surface area is 78.7 Å². The highest BCUT2D eigenvalue weighted by Gasteiger charge is 2.27. The third-order valence-corrected chi connectivity index (χ3v) is 2.70. The second kappa shape index (κ2) is 3.73. The van der Waals surface area contributed by atoms with E-state index in [9.17, 15) is 4.79 Å². The minimum Gasteiger partial charge on any atom is -0.364 e. The lowest BCUT2D eigenvalue weighted by atomic mass is 9.87. The molecule has 0 saturated carbocycles. The Balaban J connectivity index is 2.94. The second-order valence-electron chi connectivity index (χ2n) is 3.40. The predicted molar refractivity (Wildman–Crippen MR) is 53.7 cm³/mol. The quantitative estimate of drug-likeness (QED) is 0.701. The maximum absolute atomic E-state index is 10.9. The molecule has 0 spiro atoms. The van der Waals surface area contributed by atoms with Gasteiger partial charge in [-0.05, 0) is 25.3 Å². The Morgan fingerprint density at radius 2 is 2.23 bits per heavy atom. The molecular formula is C10H16N2O. The number of nitrogens with zero attached hydrogens (tertiary/aromatic N) is 1. The van der Waals surface area contributed by atoms with Crippen LogP contribution in [0, 0.1) is 0 Å². The summed E-state index contributed by atoms with van der Waals surface area (Å²) < 4.78 is 0. The van der Waals surface area contributed by atoms with Gasteiger partial charge >= 0.3 is 0 Å². The largest absolute Gasteiger partial charge is 0.364 e. The fourth-order valence-electron chi connectivity index (χ4n) is 1.56. The van der Waals surface area contributed by atoms with Crippen LogP contribution >= 0.6 is 0 Å². The van der Waals surface area contributed by atoms with Crippen molar-refractivity contribution in [2.24, 2.45) is 10.7 Å². The maximum Gasteiger partial charge on any atom is 0.266 e. The molecule has 3 nitrogen and oxygen atoms in total. The lowest BCUT2D eigenvalue weighted by molar-refractivity contribution is -0.112. The van der Waals surface area contributed by atoms with Gasteiger partial charge < -0.3 is 5.73 Å². The van der Waals surface area contributed by atoms with Crippen LogP contribution in [0.5, 0.6) is 0 Å². The van der Waals surface area contributed by atoms with Crippen LogP contribution in [0.15, 0.2) is 17.1 Å². The molecule has 1 amide bonds.